The topological polar surface area (TPSA) is 12.0 Å². The number of benzene rings is 1. The summed E-state index contributed by atoms with van der Waals surface area (Å²) in [5.41, 5.74) is 2.95. The first kappa shape index (κ1) is 12.8. The van der Waals surface area contributed by atoms with Crippen molar-refractivity contribution in [1.82, 2.24) is 0 Å². The maximum atomic E-state index is 3.71. The van der Waals surface area contributed by atoms with Gasteiger partial charge < -0.3 is 5.32 Å². The molecular weight excluding hydrogens is 230 g/mol. The predicted molar refractivity (Wildman–Crippen MR) is 82.5 cm³/mol. The summed E-state index contributed by atoms with van der Waals surface area (Å²) in [6.45, 7) is 7.98. The highest BCUT2D eigenvalue weighted by molar-refractivity contribution is 5.54. The molecule has 3 rings (SSSR count). The number of para-hydroxylation sites is 1. The van der Waals surface area contributed by atoms with Crippen LogP contribution in [0.1, 0.15) is 39.2 Å². The lowest BCUT2D eigenvalue weighted by Crippen LogP contribution is -2.21. The summed E-state index contributed by atoms with van der Waals surface area (Å²) in [5, 5.41) is 3.71. The van der Waals surface area contributed by atoms with Crippen molar-refractivity contribution in [3.8, 4) is 0 Å². The van der Waals surface area contributed by atoms with Crippen LogP contribution < -0.4 is 5.32 Å². The van der Waals surface area contributed by atoms with E-state index in [1.807, 2.05) is 0 Å². The smallest absolute Gasteiger partial charge is 0.0378 e. The molecule has 0 aliphatic heterocycles. The van der Waals surface area contributed by atoms with Gasteiger partial charge >= 0.3 is 0 Å². The van der Waals surface area contributed by atoms with Gasteiger partial charge in [-0.15, -0.1) is 0 Å². The van der Waals surface area contributed by atoms with E-state index in [9.17, 15) is 0 Å². The second kappa shape index (κ2) is 4.70. The zero-order chi connectivity index (χ0) is 13.5. The normalized spacial score (nSPS) is 28.9. The minimum Gasteiger partial charge on any atom is -0.385 e. The molecule has 1 N–H and O–H groups in total. The van der Waals surface area contributed by atoms with Crippen LogP contribution in [0.5, 0.6) is 0 Å². The highest BCUT2D eigenvalue weighted by atomic mass is 14.9. The van der Waals surface area contributed by atoms with E-state index in [2.05, 4.69) is 62.5 Å². The summed E-state index contributed by atoms with van der Waals surface area (Å²) in [5.74, 6) is 2.54. The van der Waals surface area contributed by atoms with Crippen LogP contribution >= 0.6 is 0 Å². The molecule has 1 heteroatoms. The number of allylic oxidation sites excluding steroid dienone is 2. The maximum Gasteiger partial charge on any atom is 0.0378 e. The Bertz CT molecular complexity index is 481. The van der Waals surface area contributed by atoms with Gasteiger partial charge in [-0.2, -0.15) is 0 Å². The van der Waals surface area contributed by atoms with Crippen molar-refractivity contribution in [1.29, 1.82) is 0 Å². The van der Waals surface area contributed by atoms with Gasteiger partial charge in [0.15, 0.2) is 0 Å². The molecule has 2 bridgehead atoms. The van der Waals surface area contributed by atoms with Crippen molar-refractivity contribution >= 4 is 5.69 Å². The molecule has 3 atom stereocenters. The Hall–Kier alpha value is -1.24. The van der Waals surface area contributed by atoms with Gasteiger partial charge in [0.2, 0.25) is 0 Å². The Morgan fingerprint density at radius 2 is 1.89 bits per heavy atom. The van der Waals surface area contributed by atoms with E-state index in [0.717, 1.165) is 24.3 Å². The highest BCUT2D eigenvalue weighted by Crippen LogP contribution is 2.43. The van der Waals surface area contributed by atoms with Crippen molar-refractivity contribution in [2.75, 3.05) is 11.9 Å². The number of nitrogens with one attached hydrogen (secondary N) is 1. The largest absolute Gasteiger partial charge is 0.385 e. The van der Waals surface area contributed by atoms with E-state index in [1.165, 1.54) is 24.1 Å². The second-order valence-corrected chi connectivity index (χ2v) is 7.22. The number of hydrogen-bond acceptors (Lipinski definition) is 1. The molecule has 102 valence electrons. The average Bonchev–Trinajstić information content (AvgIpc) is 2.97. The Morgan fingerprint density at radius 3 is 2.53 bits per heavy atom. The number of anilines is 1. The summed E-state index contributed by atoms with van der Waals surface area (Å²) in [4.78, 5) is 0. The first-order valence-corrected chi connectivity index (χ1v) is 7.56. The van der Waals surface area contributed by atoms with Crippen LogP contribution in [0.2, 0.25) is 0 Å². The van der Waals surface area contributed by atoms with E-state index in [4.69, 9.17) is 0 Å². The second-order valence-electron chi connectivity index (χ2n) is 7.22. The molecule has 0 aromatic heterocycles. The standard InChI is InChI=1S/C18H25N/c1-18(2,3)16-6-4-5-7-17(16)19-12-15-11-13-8-9-14(15)10-13/h4-9,13-15,19H,10-12H2,1-3H3. The number of hydrogen-bond donors (Lipinski definition) is 1. The first-order chi connectivity index (χ1) is 9.04. The SMILES string of the molecule is CC(C)(C)c1ccccc1NCC1CC2C=CC1C2. The summed E-state index contributed by atoms with van der Waals surface area (Å²) < 4.78 is 0. The van der Waals surface area contributed by atoms with Crippen LogP contribution in [-0.4, -0.2) is 6.54 Å². The molecule has 1 nitrogen and oxygen atoms in total. The van der Waals surface area contributed by atoms with Crippen LogP contribution in [-0.2, 0) is 5.41 Å². The van der Waals surface area contributed by atoms with Gasteiger partial charge in [-0.05, 0) is 47.6 Å². The number of fused-ring (bicyclic) bond motifs is 2. The molecular formula is C18H25N. The van der Waals surface area contributed by atoms with Crippen molar-refractivity contribution in [2.24, 2.45) is 17.8 Å². The third-order valence-electron chi connectivity index (χ3n) is 4.71. The molecule has 0 radical (unpaired) electrons. The maximum absolute atomic E-state index is 3.71. The molecule has 1 aromatic rings. The molecule has 1 aromatic carbocycles. The van der Waals surface area contributed by atoms with Gasteiger partial charge in [0.05, 0.1) is 0 Å². The summed E-state index contributed by atoms with van der Waals surface area (Å²) in [6, 6.07) is 8.76. The number of rotatable bonds is 3. The highest BCUT2D eigenvalue weighted by Gasteiger charge is 2.35. The zero-order valence-corrected chi connectivity index (χ0v) is 12.3. The van der Waals surface area contributed by atoms with Gasteiger partial charge in [0, 0.05) is 12.2 Å². The predicted octanol–water partition coefficient (Wildman–Crippen LogP) is 4.61. The van der Waals surface area contributed by atoms with Gasteiger partial charge in [0.1, 0.15) is 0 Å². The molecule has 1 fully saturated rings. The molecule has 1 saturated carbocycles. The fraction of sp³-hybridized carbons (Fsp3) is 0.556. The first-order valence-electron chi connectivity index (χ1n) is 7.56. The Morgan fingerprint density at radius 1 is 1.11 bits per heavy atom. The van der Waals surface area contributed by atoms with Crippen LogP contribution in [0.3, 0.4) is 0 Å². The van der Waals surface area contributed by atoms with Crippen molar-refractivity contribution in [3.63, 3.8) is 0 Å². The quantitative estimate of drug-likeness (QED) is 0.778. The van der Waals surface area contributed by atoms with Crippen molar-refractivity contribution < 1.29 is 0 Å². The molecule has 3 unspecified atom stereocenters. The third kappa shape index (κ3) is 2.56. The molecule has 0 saturated heterocycles. The van der Waals surface area contributed by atoms with E-state index >= 15 is 0 Å². The molecule has 2 aliphatic rings. The lowest BCUT2D eigenvalue weighted by Gasteiger charge is -2.25. The Balaban J connectivity index is 1.69. The molecule has 2 aliphatic carbocycles. The lowest BCUT2D eigenvalue weighted by molar-refractivity contribution is 0.471. The van der Waals surface area contributed by atoms with Gasteiger partial charge in [-0.3, -0.25) is 0 Å². The van der Waals surface area contributed by atoms with Crippen LogP contribution in [0.15, 0.2) is 36.4 Å². The monoisotopic (exact) mass is 255 g/mol. The van der Waals surface area contributed by atoms with Gasteiger partial charge in [-0.25, -0.2) is 0 Å². The Labute approximate surface area is 117 Å². The van der Waals surface area contributed by atoms with Crippen molar-refractivity contribution in [2.45, 2.75) is 39.0 Å². The summed E-state index contributed by atoms with van der Waals surface area (Å²) in [7, 11) is 0. The van der Waals surface area contributed by atoms with Gasteiger partial charge in [0.25, 0.3) is 0 Å². The lowest BCUT2D eigenvalue weighted by atomic mass is 9.85. The van der Waals surface area contributed by atoms with E-state index in [1.54, 1.807) is 0 Å². The zero-order valence-electron chi connectivity index (χ0n) is 12.3. The average molecular weight is 255 g/mol. The van der Waals surface area contributed by atoms with Crippen LogP contribution in [0.25, 0.3) is 0 Å². The molecule has 0 heterocycles. The van der Waals surface area contributed by atoms with E-state index < -0.39 is 0 Å². The van der Waals surface area contributed by atoms with E-state index in [-0.39, 0.29) is 5.41 Å². The third-order valence-corrected chi connectivity index (χ3v) is 4.71. The van der Waals surface area contributed by atoms with Crippen LogP contribution in [0, 0.1) is 17.8 Å². The Kier molecular flexibility index (Phi) is 3.16. The van der Waals surface area contributed by atoms with Crippen LogP contribution in [0.4, 0.5) is 5.69 Å². The molecule has 19 heavy (non-hydrogen) atoms. The fourth-order valence-electron chi connectivity index (χ4n) is 3.66. The molecule has 0 amide bonds. The minimum atomic E-state index is 0.207. The summed E-state index contributed by atoms with van der Waals surface area (Å²) >= 11 is 0. The van der Waals surface area contributed by atoms with Crippen molar-refractivity contribution in [3.05, 3.63) is 42.0 Å². The van der Waals surface area contributed by atoms with Gasteiger partial charge in [-0.1, -0.05) is 51.1 Å². The summed E-state index contributed by atoms with van der Waals surface area (Å²) in [6.07, 6.45) is 7.64. The van der Waals surface area contributed by atoms with E-state index in [0.29, 0.717) is 0 Å². The minimum absolute atomic E-state index is 0.207. The fourth-order valence-corrected chi connectivity index (χ4v) is 3.66. The molecule has 0 spiro atoms.